The first kappa shape index (κ1) is 15.2. The minimum Gasteiger partial charge on any atom is -0.507 e. The second kappa shape index (κ2) is 5.95. The van der Waals surface area contributed by atoms with Crippen molar-refractivity contribution in [1.29, 1.82) is 0 Å². The van der Waals surface area contributed by atoms with Crippen molar-refractivity contribution >= 4 is 27.5 Å². The summed E-state index contributed by atoms with van der Waals surface area (Å²) < 4.78 is 0. The molecule has 2 N–H and O–H groups in total. The molecule has 122 valence electrons. The average Bonchev–Trinajstić information content (AvgIpc) is 2.65. The molecule has 3 heteroatoms. The summed E-state index contributed by atoms with van der Waals surface area (Å²) in [6, 6.07) is 23.3. The first-order valence-electron chi connectivity index (χ1n) is 8.15. The van der Waals surface area contributed by atoms with Gasteiger partial charge in [0, 0.05) is 12.6 Å². The SMILES string of the molecule is CNC(=O)c1c(-c2ccccc2)c(O)cc2cc3ccccc3cc12. The van der Waals surface area contributed by atoms with Crippen LogP contribution >= 0.6 is 0 Å². The summed E-state index contributed by atoms with van der Waals surface area (Å²) in [5.41, 5.74) is 1.87. The third-order valence-corrected chi connectivity index (χ3v) is 4.50. The van der Waals surface area contributed by atoms with Gasteiger partial charge in [0.2, 0.25) is 0 Å². The zero-order chi connectivity index (χ0) is 17.4. The van der Waals surface area contributed by atoms with Gasteiger partial charge in [-0.25, -0.2) is 0 Å². The maximum absolute atomic E-state index is 12.7. The highest BCUT2D eigenvalue weighted by molar-refractivity contribution is 6.16. The minimum absolute atomic E-state index is 0.104. The number of fused-ring (bicyclic) bond motifs is 2. The molecule has 0 saturated carbocycles. The second-order valence-corrected chi connectivity index (χ2v) is 6.01. The van der Waals surface area contributed by atoms with E-state index in [9.17, 15) is 9.90 Å². The van der Waals surface area contributed by atoms with Crippen molar-refractivity contribution in [3.8, 4) is 16.9 Å². The molecule has 3 nitrogen and oxygen atoms in total. The largest absolute Gasteiger partial charge is 0.507 e. The number of phenols is 1. The lowest BCUT2D eigenvalue weighted by Crippen LogP contribution is -2.19. The fourth-order valence-electron chi connectivity index (χ4n) is 3.33. The van der Waals surface area contributed by atoms with Crippen molar-refractivity contribution in [1.82, 2.24) is 5.32 Å². The predicted molar refractivity (Wildman–Crippen MR) is 102 cm³/mol. The highest BCUT2D eigenvalue weighted by atomic mass is 16.3. The Balaban J connectivity index is 2.16. The van der Waals surface area contributed by atoms with Gasteiger partial charge in [-0.05, 0) is 45.3 Å². The number of amides is 1. The molecule has 0 radical (unpaired) electrons. The van der Waals surface area contributed by atoms with E-state index in [4.69, 9.17) is 0 Å². The van der Waals surface area contributed by atoms with Gasteiger partial charge in [0.15, 0.2) is 0 Å². The lowest BCUT2D eigenvalue weighted by Gasteiger charge is -2.15. The van der Waals surface area contributed by atoms with Crippen molar-refractivity contribution in [3.63, 3.8) is 0 Å². The number of carbonyl (C=O) groups is 1. The van der Waals surface area contributed by atoms with Gasteiger partial charge in [-0.2, -0.15) is 0 Å². The summed E-state index contributed by atoms with van der Waals surface area (Å²) in [7, 11) is 1.61. The van der Waals surface area contributed by atoms with Crippen molar-refractivity contribution < 1.29 is 9.90 Å². The number of aromatic hydroxyl groups is 1. The van der Waals surface area contributed by atoms with E-state index in [1.165, 1.54) is 0 Å². The van der Waals surface area contributed by atoms with Crippen LogP contribution in [0.1, 0.15) is 10.4 Å². The number of phenolic OH excluding ortho intramolecular Hbond substituents is 1. The molecule has 1 amide bonds. The van der Waals surface area contributed by atoms with Gasteiger partial charge < -0.3 is 10.4 Å². The molecule has 0 unspecified atom stereocenters. The molecule has 0 spiro atoms. The van der Waals surface area contributed by atoms with Crippen molar-refractivity contribution in [2.75, 3.05) is 7.05 Å². The minimum atomic E-state index is -0.213. The lowest BCUT2D eigenvalue weighted by atomic mass is 9.91. The third kappa shape index (κ3) is 2.50. The Labute approximate surface area is 145 Å². The van der Waals surface area contributed by atoms with Gasteiger partial charge in [0.05, 0.1) is 5.56 Å². The van der Waals surface area contributed by atoms with Gasteiger partial charge in [-0.3, -0.25) is 4.79 Å². The van der Waals surface area contributed by atoms with Gasteiger partial charge in [0.1, 0.15) is 5.75 Å². The smallest absolute Gasteiger partial charge is 0.252 e. The van der Waals surface area contributed by atoms with Crippen LogP contribution in [0.4, 0.5) is 0 Å². The van der Waals surface area contributed by atoms with Gasteiger partial charge in [-0.15, -0.1) is 0 Å². The maximum atomic E-state index is 12.7. The summed E-state index contributed by atoms with van der Waals surface area (Å²) in [6.07, 6.45) is 0. The number of benzene rings is 4. The molecule has 0 aliphatic rings. The summed E-state index contributed by atoms with van der Waals surface area (Å²) in [5.74, 6) is -0.109. The molecule has 0 aliphatic carbocycles. The number of hydrogen-bond donors (Lipinski definition) is 2. The van der Waals surface area contributed by atoms with Crippen LogP contribution < -0.4 is 5.32 Å². The van der Waals surface area contributed by atoms with Crippen LogP contribution in [0.3, 0.4) is 0 Å². The lowest BCUT2D eigenvalue weighted by molar-refractivity contribution is 0.0965. The summed E-state index contributed by atoms with van der Waals surface area (Å²) >= 11 is 0. The molecule has 25 heavy (non-hydrogen) atoms. The molecule has 0 bridgehead atoms. The highest BCUT2D eigenvalue weighted by Crippen LogP contribution is 2.39. The van der Waals surface area contributed by atoms with E-state index in [-0.39, 0.29) is 11.7 Å². The Kier molecular flexibility index (Phi) is 3.62. The molecule has 0 aromatic heterocycles. The molecule has 0 aliphatic heterocycles. The monoisotopic (exact) mass is 327 g/mol. The standard InChI is InChI=1S/C22H17NO2/c1-23-22(25)21-18-12-16-10-6-5-9-15(16)11-17(18)13-19(24)20(21)14-7-3-2-4-8-14/h2-13,24H,1H3,(H,23,25). The van der Waals surface area contributed by atoms with E-state index in [1.54, 1.807) is 13.1 Å². The Morgan fingerprint density at radius 2 is 1.48 bits per heavy atom. The van der Waals surface area contributed by atoms with E-state index in [0.29, 0.717) is 11.1 Å². The molecule has 0 fully saturated rings. The highest BCUT2D eigenvalue weighted by Gasteiger charge is 2.20. The zero-order valence-corrected chi connectivity index (χ0v) is 13.8. The quantitative estimate of drug-likeness (QED) is 0.523. The average molecular weight is 327 g/mol. The Bertz CT molecular complexity index is 1100. The Morgan fingerprint density at radius 3 is 2.16 bits per heavy atom. The van der Waals surface area contributed by atoms with E-state index in [2.05, 4.69) is 5.32 Å². The summed E-state index contributed by atoms with van der Waals surface area (Å²) in [6.45, 7) is 0. The fraction of sp³-hybridized carbons (Fsp3) is 0.0455. The molecule has 0 saturated heterocycles. The number of hydrogen-bond acceptors (Lipinski definition) is 2. The van der Waals surface area contributed by atoms with Gasteiger partial charge >= 0.3 is 0 Å². The molecule has 0 heterocycles. The molecular formula is C22H17NO2. The fourth-order valence-corrected chi connectivity index (χ4v) is 3.33. The topological polar surface area (TPSA) is 49.3 Å². The molecule has 4 rings (SSSR count). The van der Waals surface area contributed by atoms with Crippen LogP contribution in [0.5, 0.6) is 5.75 Å². The number of nitrogens with one attached hydrogen (secondary N) is 1. The second-order valence-electron chi connectivity index (χ2n) is 6.01. The normalized spacial score (nSPS) is 10.9. The van der Waals surface area contributed by atoms with Crippen LogP contribution in [0.25, 0.3) is 32.7 Å². The number of rotatable bonds is 2. The first-order chi connectivity index (χ1) is 12.2. The summed E-state index contributed by atoms with van der Waals surface area (Å²) in [4.78, 5) is 12.7. The Morgan fingerprint density at radius 1 is 0.840 bits per heavy atom. The summed E-state index contributed by atoms with van der Waals surface area (Å²) in [5, 5.41) is 17.2. The van der Waals surface area contributed by atoms with Crippen LogP contribution in [0.15, 0.2) is 72.8 Å². The van der Waals surface area contributed by atoms with E-state index < -0.39 is 0 Å². The predicted octanol–water partition coefficient (Wildman–Crippen LogP) is 4.73. The van der Waals surface area contributed by atoms with Crippen LogP contribution in [0, 0.1) is 0 Å². The first-order valence-corrected chi connectivity index (χ1v) is 8.15. The van der Waals surface area contributed by atoms with Crippen LogP contribution in [-0.2, 0) is 0 Å². The van der Waals surface area contributed by atoms with E-state index in [0.717, 1.165) is 27.1 Å². The van der Waals surface area contributed by atoms with E-state index >= 15 is 0 Å². The van der Waals surface area contributed by atoms with Crippen LogP contribution in [-0.4, -0.2) is 18.1 Å². The Hall–Kier alpha value is -3.33. The van der Waals surface area contributed by atoms with Crippen LogP contribution in [0.2, 0.25) is 0 Å². The van der Waals surface area contributed by atoms with Gasteiger partial charge in [0.25, 0.3) is 5.91 Å². The maximum Gasteiger partial charge on any atom is 0.252 e. The molecule has 4 aromatic rings. The molecule has 4 aromatic carbocycles. The van der Waals surface area contributed by atoms with Crippen molar-refractivity contribution in [2.24, 2.45) is 0 Å². The number of carbonyl (C=O) groups excluding carboxylic acids is 1. The third-order valence-electron chi connectivity index (χ3n) is 4.50. The van der Waals surface area contributed by atoms with Crippen molar-refractivity contribution in [3.05, 3.63) is 78.4 Å². The van der Waals surface area contributed by atoms with Crippen molar-refractivity contribution in [2.45, 2.75) is 0 Å². The van der Waals surface area contributed by atoms with Gasteiger partial charge in [-0.1, -0.05) is 54.6 Å². The zero-order valence-electron chi connectivity index (χ0n) is 13.8. The molecule has 0 atom stereocenters. The molecular weight excluding hydrogens is 310 g/mol. The van der Waals surface area contributed by atoms with E-state index in [1.807, 2.05) is 66.7 Å².